The first-order valence-corrected chi connectivity index (χ1v) is 7.19. The molecule has 0 aliphatic rings. The van der Waals surface area contributed by atoms with E-state index in [1.54, 1.807) is 19.1 Å². The third-order valence-corrected chi connectivity index (χ3v) is 3.89. The minimum absolute atomic E-state index is 0.00690. The molecule has 1 aromatic carbocycles. The fourth-order valence-electron chi connectivity index (χ4n) is 2.07. The van der Waals surface area contributed by atoms with Crippen LogP contribution in [0.25, 0.3) is 0 Å². The fraction of sp³-hybridized carbons (Fsp3) is 0.214. The van der Waals surface area contributed by atoms with Crippen molar-refractivity contribution in [3.05, 3.63) is 60.3 Å². The lowest BCUT2D eigenvalue weighted by Gasteiger charge is -2.11. The Morgan fingerprint density at radius 2 is 2.14 bits per heavy atom. The van der Waals surface area contributed by atoms with Gasteiger partial charge in [0.2, 0.25) is 0 Å². The molecule has 1 amide bonds. The van der Waals surface area contributed by atoms with E-state index in [1.165, 1.54) is 13.1 Å². The minimum Gasteiger partial charge on any atom is -0.364 e. The van der Waals surface area contributed by atoms with Crippen LogP contribution in [0.15, 0.2) is 23.0 Å². The van der Waals surface area contributed by atoms with Crippen molar-refractivity contribution < 1.29 is 9.18 Å². The molecule has 1 aromatic heterocycles. The summed E-state index contributed by atoms with van der Waals surface area (Å²) in [6.07, 6.45) is 0.0932. The molecule has 0 bridgehead atoms. The number of carbonyl (C=O) groups excluding carboxylic acids is 1. The molecular weight excluding hydrogens is 388 g/mol. The summed E-state index contributed by atoms with van der Waals surface area (Å²) in [5.74, 6) is -1.13. The number of carbonyl (C=O) groups is 1. The fourth-order valence-corrected chi connectivity index (χ4v) is 2.53. The van der Waals surface area contributed by atoms with E-state index in [0.29, 0.717) is 16.7 Å². The summed E-state index contributed by atoms with van der Waals surface area (Å²) in [6, 6.07) is 4.77. The normalized spacial score (nSPS) is 10.7. The van der Waals surface area contributed by atoms with Crippen LogP contribution in [0, 0.1) is 16.3 Å². The second kappa shape index (κ2) is 5.92. The highest BCUT2D eigenvalue weighted by Crippen LogP contribution is 2.19. The summed E-state index contributed by atoms with van der Waals surface area (Å²) in [7, 11) is 1.44. The molecule has 2 aromatic rings. The van der Waals surface area contributed by atoms with Crippen molar-refractivity contribution in [2.45, 2.75) is 13.3 Å². The highest BCUT2D eigenvalue weighted by atomic mass is 127. The number of primary amides is 1. The van der Waals surface area contributed by atoms with E-state index < -0.39 is 11.7 Å². The number of benzene rings is 1. The number of nitrogens with two attached hydrogens (primary N) is 1. The van der Waals surface area contributed by atoms with Gasteiger partial charge < -0.3 is 5.73 Å². The van der Waals surface area contributed by atoms with Gasteiger partial charge in [-0.1, -0.05) is 6.07 Å². The summed E-state index contributed by atoms with van der Waals surface area (Å²) in [4.78, 5) is 23.5. The van der Waals surface area contributed by atoms with Crippen molar-refractivity contribution in [3.8, 4) is 0 Å². The Labute approximate surface area is 134 Å². The first-order chi connectivity index (χ1) is 9.81. The zero-order chi connectivity index (χ0) is 15.7. The molecule has 0 radical (unpaired) electrons. The smallest absolute Gasteiger partial charge is 0.269 e. The third-order valence-electron chi connectivity index (χ3n) is 3.22. The molecule has 0 saturated carbocycles. The van der Waals surface area contributed by atoms with E-state index in [2.05, 4.69) is 5.10 Å². The number of hydrogen-bond acceptors (Lipinski definition) is 3. The number of aromatic nitrogens is 2. The Morgan fingerprint density at radius 1 is 1.48 bits per heavy atom. The zero-order valence-electron chi connectivity index (χ0n) is 11.5. The van der Waals surface area contributed by atoms with Gasteiger partial charge in [0.25, 0.3) is 11.5 Å². The molecule has 7 heteroatoms. The first kappa shape index (κ1) is 15.6. The molecule has 2 N–H and O–H groups in total. The van der Waals surface area contributed by atoms with Gasteiger partial charge in [0, 0.05) is 22.6 Å². The average Bonchev–Trinajstić information content (AvgIpc) is 2.41. The molecule has 0 spiro atoms. The predicted molar refractivity (Wildman–Crippen MR) is 84.7 cm³/mol. The third kappa shape index (κ3) is 3.12. The van der Waals surface area contributed by atoms with E-state index in [0.717, 1.165) is 8.25 Å². The standard InChI is InChI=1S/C14H13FIN3O2/c1-7-10(5-8-3-4-9(16)6-11(8)15)12(13(17)20)18-19(2)14(7)21/h3-4,6H,5H2,1-2H3,(H2,17,20). The van der Waals surface area contributed by atoms with Crippen molar-refractivity contribution >= 4 is 28.5 Å². The van der Waals surface area contributed by atoms with Crippen LogP contribution < -0.4 is 11.3 Å². The van der Waals surface area contributed by atoms with Crippen LogP contribution in [-0.2, 0) is 13.5 Å². The predicted octanol–water partition coefficient (Wildman–Crippen LogP) is 1.52. The molecule has 2 rings (SSSR count). The van der Waals surface area contributed by atoms with Crippen molar-refractivity contribution in [1.82, 2.24) is 9.78 Å². The Bertz CT molecular complexity index is 787. The van der Waals surface area contributed by atoms with Crippen molar-refractivity contribution in [3.63, 3.8) is 0 Å². The molecule has 5 nitrogen and oxygen atoms in total. The second-order valence-electron chi connectivity index (χ2n) is 4.66. The van der Waals surface area contributed by atoms with Gasteiger partial charge in [-0.25, -0.2) is 9.07 Å². The molecule has 0 fully saturated rings. The Balaban J connectivity index is 2.60. The van der Waals surface area contributed by atoms with E-state index >= 15 is 0 Å². The quantitative estimate of drug-likeness (QED) is 0.793. The lowest BCUT2D eigenvalue weighted by Crippen LogP contribution is -2.29. The zero-order valence-corrected chi connectivity index (χ0v) is 13.6. The summed E-state index contributed by atoms with van der Waals surface area (Å²) in [5.41, 5.74) is 6.07. The summed E-state index contributed by atoms with van der Waals surface area (Å²) in [5, 5.41) is 3.88. The largest absolute Gasteiger partial charge is 0.364 e. The summed E-state index contributed by atoms with van der Waals surface area (Å²) in [6.45, 7) is 1.58. The lowest BCUT2D eigenvalue weighted by atomic mass is 9.99. The Hall–Kier alpha value is -1.77. The van der Waals surface area contributed by atoms with Crippen molar-refractivity contribution in [2.75, 3.05) is 0 Å². The van der Waals surface area contributed by atoms with Crippen LogP contribution in [0.5, 0.6) is 0 Å². The van der Waals surface area contributed by atoms with E-state index in [-0.39, 0.29) is 17.7 Å². The van der Waals surface area contributed by atoms with Crippen LogP contribution in [0.1, 0.15) is 27.2 Å². The molecule has 110 valence electrons. The molecule has 0 unspecified atom stereocenters. The average molecular weight is 401 g/mol. The first-order valence-electron chi connectivity index (χ1n) is 6.11. The second-order valence-corrected chi connectivity index (χ2v) is 5.90. The highest BCUT2D eigenvalue weighted by Gasteiger charge is 2.18. The number of aryl methyl sites for hydroxylation is 1. The van der Waals surface area contributed by atoms with Crippen LogP contribution in [0.4, 0.5) is 4.39 Å². The van der Waals surface area contributed by atoms with Crippen LogP contribution in [0.2, 0.25) is 0 Å². The van der Waals surface area contributed by atoms with Gasteiger partial charge in [0.05, 0.1) is 0 Å². The monoisotopic (exact) mass is 401 g/mol. The molecule has 0 atom stereocenters. The Kier molecular flexibility index (Phi) is 4.40. The van der Waals surface area contributed by atoms with Crippen LogP contribution in [-0.4, -0.2) is 15.7 Å². The van der Waals surface area contributed by atoms with Crippen LogP contribution in [0.3, 0.4) is 0 Å². The molecule has 0 saturated heterocycles. The number of amides is 1. The summed E-state index contributed by atoms with van der Waals surface area (Å²) >= 11 is 2.01. The van der Waals surface area contributed by atoms with Gasteiger partial charge in [-0.05, 0) is 52.8 Å². The number of rotatable bonds is 3. The topological polar surface area (TPSA) is 78.0 Å². The van der Waals surface area contributed by atoms with E-state index in [9.17, 15) is 14.0 Å². The molecule has 0 aliphatic carbocycles. The van der Waals surface area contributed by atoms with Gasteiger partial charge in [-0.15, -0.1) is 0 Å². The highest BCUT2D eigenvalue weighted by molar-refractivity contribution is 14.1. The maximum absolute atomic E-state index is 14.0. The van der Waals surface area contributed by atoms with Gasteiger partial charge in [-0.2, -0.15) is 5.10 Å². The maximum atomic E-state index is 14.0. The molecular formula is C14H13FIN3O2. The van der Waals surface area contributed by atoms with Crippen LogP contribution >= 0.6 is 22.6 Å². The Morgan fingerprint density at radius 3 is 2.71 bits per heavy atom. The lowest BCUT2D eigenvalue weighted by molar-refractivity contribution is 0.0992. The minimum atomic E-state index is -0.741. The van der Waals surface area contributed by atoms with E-state index in [4.69, 9.17) is 5.73 Å². The van der Waals surface area contributed by atoms with E-state index in [1.807, 2.05) is 22.6 Å². The van der Waals surface area contributed by atoms with Gasteiger partial charge in [0.15, 0.2) is 5.69 Å². The van der Waals surface area contributed by atoms with Gasteiger partial charge in [-0.3, -0.25) is 9.59 Å². The number of halogens is 2. The summed E-state index contributed by atoms with van der Waals surface area (Å²) < 4.78 is 15.8. The van der Waals surface area contributed by atoms with Gasteiger partial charge >= 0.3 is 0 Å². The number of nitrogens with zero attached hydrogens (tertiary/aromatic N) is 2. The SMILES string of the molecule is Cc1c(Cc2ccc(I)cc2F)c(C(N)=O)nn(C)c1=O. The molecule has 1 heterocycles. The van der Waals surface area contributed by atoms with Crippen molar-refractivity contribution in [1.29, 1.82) is 0 Å². The van der Waals surface area contributed by atoms with Crippen molar-refractivity contribution in [2.24, 2.45) is 12.8 Å². The maximum Gasteiger partial charge on any atom is 0.269 e. The molecule has 21 heavy (non-hydrogen) atoms. The molecule has 0 aliphatic heterocycles. The van der Waals surface area contributed by atoms with Gasteiger partial charge in [0.1, 0.15) is 5.82 Å². The number of hydrogen-bond donors (Lipinski definition) is 1.